The van der Waals surface area contributed by atoms with E-state index >= 15 is 0 Å². The Morgan fingerprint density at radius 2 is 2.11 bits per heavy atom. The number of carbonyl (C=O) groups is 1. The van der Waals surface area contributed by atoms with Gasteiger partial charge in [-0.3, -0.25) is 9.36 Å². The molecule has 2 aromatic heterocycles. The number of nitrogens with one attached hydrogen (secondary N) is 1. The summed E-state index contributed by atoms with van der Waals surface area (Å²) in [6.07, 6.45) is 3.31. The minimum absolute atomic E-state index is 0.0967. The van der Waals surface area contributed by atoms with Gasteiger partial charge in [0.1, 0.15) is 6.33 Å². The van der Waals surface area contributed by atoms with E-state index in [1.54, 1.807) is 19.6 Å². The van der Waals surface area contributed by atoms with Gasteiger partial charge in [-0.05, 0) is 43.2 Å². The van der Waals surface area contributed by atoms with Crippen LogP contribution >= 0.6 is 11.8 Å². The number of thioether (sulfide) groups is 1. The number of aryl methyl sites for hydroxylation is 2. The van der Waals surface area contributed by atoms with Crippen LogP contribution in [0.1, 0.15) is 16.7 Å². The molecule has 0 saturated heterocycles. The number of carbonyl (C=O) groups excluding carboxylic acids is 1. The first kappa shape index (κ1) is 18.9. The Morgan fingerprint density at radius 3 is 2.89 bits per heavy atom. The number of aromatic nitrogens is 4. The van der Waals surface area contributed by atoms with Crippen molar-refractivity contribution in [2.45, 2.75) is 25.5 Å². The quantitative estimate of drug-likeness (QED) is 0.632. The summed E-state index contributed by atoms with van der Waals surface area (Å²) in [5, 5.41) is 11.7. The first-order chi connectivity index (χ1) is 13.1. The number of nitrogens with zero attached hydrogens (tertiary/aromatic N) is 4. The van der Waals surface area contributed by atoms with Gasteiger partial charge in [0.25, 0.3) is 0 Å². The summed E-state index contributed by atoms with van der Waals surface area (Å²) in [7, 11) is 1.56. The Balaban J connectivity index is 1.60. The van der Waals surface area contributed by atoms with E-state index in [0.717, 1.165) is 11.3 Å². The van der Waals surface area contributed by atoms with Gasteiger partial charge in [0, 0.05) is 24.0 Å². The minimum Gasteiger partial charge on any atom is -0.481 e. The lowest BCUT2D eigenvalue weighted by Crippen LogP contribution is -2.25. The van der Waals surface area contributed by atoms with Crippen LogP contribution in [0, 0.1) is 13.8 Å². The minimum atomic E-state index is -0.0967. The van der Waals surface area contributed by atoms with Gasteiger partial charge in [0.2, 0.25) is 11.8 Å². The molecule has 0 bridgehead atoms. The van der Waals surface area contributed by atoms with E-state index in [-0.39, 0.29) is 11.7 Å². The highest BCUT2D eigenvalue weighted by Crippen LogP contribution is 2.21. The maximum absolute atomic E-state index is 12.2. The van der Waals surface area contributed by atoms with Crippen LogP contribution in [0.3, 0.4) is 0 Å². The number of rotatable bonds is 7. The average Bonchev–Trinajstić information content (AvgIpc) is 3.15. The van der Waals surface area contributed by atoms with Crippen molar-refractivity contribution in [1.82, 2.24) is 25.1 Å². The third kappa shape index (κ3) is 4.65. The Morgan fingerprint density at radius 1 is 1.26 bits per heavy atom. The van der Waals surface area contributed by atoms with Gasteiger partial charge in [0.05, 0.1) is 12.9 Å². The number of ether oxygens (including phenoxy) is 1. The molecule has 0 unspecified atom stereocenters. The summed E-state index contributed by atoms with van der Waals surface area (Å²) in [5.41, 5.74) is 4.23. The molecule has 0 saturated carbocycles. The molecular formula is C19H21N5O2S. The second kappa shape index (κ2) is 8.68. The molecule has 8 heteroatoms. The van der Waals surface area contributed by atoms with Gasteiger partial charge >= 0.3 is 0 Å². The number of methoxy groups -OCH3 is 1. The van der Waals surface area contributed by atoms with E-state index in [1.807, 2.05) is 22.8 Å². The molecule has 0 spiro atoms. The van der Waals surface area contributed by atoms with Gasteiger partial charge in [-0.2, -0.15) is 0 Å². The lowest BCUT2D eigenvalue weighted by Gasteiger charge is -2.10. The second-order valence-corrected chi connectivity index (χ2v) is 6.93. The Kier molecular flexibility index (Phi) is 6.08. The summed E-state index contributed by atoms with van der Waals surface area (Å²) in [4.78, 5) is 16.3. The average molecular weight is 383 g/mol. The van der Waals surface area contributed by atoms with Crippen molar-refractivity contribution >= 4 is 17.7 Å². The standard InChI is InChI=1S/C19H21N5O2S/c1-13-6-7-16(9-14(13)2)24-12-22-23-19(24)27-11-17(25)21-10-15-5-4-8-20-18(15)26-3/h4-9,12H,10-11H2,1-3H3,(H,21,25). The highest BCUT2D eigenvalue weighted by Gasteiger charge is 2.11. The normalized spacial score (nSPS) is 10.6. The van der Waals surface area contributed by atoms with Crippen molar-refractivity contribution in [3.63, 3.8) is 0 Å². The largest absolute Gasteiger partial charge is 0.481 e. The van der Waals surface area contributed by atoms with E-state index in [9.17, 15) is 4.79 Å². The van der Waals surface area contributed by atoms with Crippen molar-refractivity contribution < 1.29 is 9.53 Å². The monoisotopic (exact) mass is 383 g/mol. The molecule has 1 aromatic carbocycles. The molecule has 3 aromatic rings. The molecule has 0 aliphatic heterocycles. The number of amides is 1. The summed E-state index contributed by atoms with van der Waals surface area (Å²) >= 11 is 1.34. The smallest absolute Gasteiger partial charge is 0.230 e. The molecule has 140 valence electrons. The van der Waals surface area contributed by atoms with E-state index in [2.05, 4.69) is 46.5 Å². The van der Waals surface area contributed by atoms with Crippen molar-refractivity contribution in [3.05, 3.63) is 59.5 Å². The van der Waals surface area contributed by atoms with E-state index in [0.29, 0.717) is 17.6 Å². The third-order valence-electron chi connectivity index (χ3n) is 4.14. The predicted octanol–water partition coefficient (Wildman–Crippen LogP) is 2.70. The van der Waals surface area contributed by atoms with Crippen LogP contribution in [-0.2, 0) is 11.3 Å². The van der Waals surface area contributed by atoms with Gasteiger partial charge in [0.15, 0.2) is 5.16 Å². The fraction of sp³-hybridized carbons (Fsp3) is 0.263. The molecular weight excluding hydrogens is 362 g/mol. The van der Waals surface area contributed by atoms with Gasteiger partial charge in [-0.25, -0.2) is 4.98 Å². The van der Waals surface area contributed by atoms with Crippen LogP contribution in [-0.4, -0.2) is 38.5 Å². The molecule has 0 fully saturated rings. The van der Waals surface area contributed by atoms with E-state index in [4.69, 9.17) is 4.74 Å². The maximum Gasteiger partial charge on any atom is 0.230 e. The van der Waals surface area contributed by atoms with Crippen LogP contribution in [0.5, 0.6) is 5.88 Å². The molecule has 3 rings (SSSR count). The number of pyridine rings is 1. The summed E-state index contributed by atoms with van der Waals surface area (Å²) in [6, 6.07) is 9.84. The molecule has 2 heterocycles. The van der Waals surface area contributed by atoms with Crippen molar-refractivity contribution in [2.75, 3.05) is 12.9 Å². The third-order valence-corrected chi connectivity index (χ3v) is 5.08. The maximum atomic E-state index is 12.2. The van der Waals surface area contributed by atoms with Gasteiger partial charge in [-0.1, -0.05) is 23.9 Å². The number of hydrogen-bond donors (Lipinski definition) is 1. The SMILES string of the molecule is COc1ncccc1CNC(=O)CSc1nncn1-c1ccc(C)c(C)c1. The summed E-state index contributed by atoms with van der Waals surface area (Å²) in [6.45, 7) is 4.50. The van der Waals surface area contributed by atoms with Crippen LogP contribution in [0.25, 0.3) is 5.69 Å². The molecule has 0 aliphatic rings. The van der Waals surface area contributed by atoms with Crippen LogP contribution in [0.4, 0.5) is 0 Å². The highest BCUT2D eigenvalue weighted by molar-refractivity contribution is 7.99. The van der Waals surface area contributed by atoms with E-state index < -0.39 is 0 Å². The molecule has 0 aliphatic carbocycles. The molecule has 0 atom stereocenters. The Labute approximate surface area is 162 Å². The Hall–Kier alpha value is -2.87. The van der Waals surface area contributed by atoms with Crippen molar-refractivity contribution in [1.29, 1.82) is 0 Å². The van der Waals surface area contributed by atoms with Gasteiger partial charge < -0.3 is 10.1 Å². The van der Waals surface area contributed by atoms with Crippen LogP contribution in [0.2, 0.25) is 0 Å². The summed E-state index contributed by atoms with van der Waals surface area (Å²) in [5.74, 6) is 0.659. The van der Waals surface area contributed by atoms with Crippen LogP contribution in [0.15, 0.2) is 48.0 Å². The zero-order chi connectivity index (χ0) is 19.2. The van der Waals surface area contributed by atoms with Crippen LogP contribution < -0.4 is 10.1 Å². The number of hydrogen-bond acceptors (Lipinski definition) is 6. The lowest BCUT2D eigenvalue weighted by atomic mass is 10.1. The Bertz CT molecular complexity index is 941. The highest BCUT2D eigenvalue weighted by atomic mass is 32.2. The topological polar surface area (TPSA) is 81.9 Å². The molecule has 1 N–H and O–H groups in total. The fourth-order valence-corrected chi connectivity index (χ4v) is 3.25. The second-order valence-electron chi connectivity index (χ2n) is 5.99. The summed E-state index contributed by atoms with van der Waals surface area (Å²) < 4.78 is 7.07. The molecule has 27 heavy (non-hydrogen) atoms. The predicted molar refractivity (Wildman–Crippen MR) is 104 cm³/mol. The zero-order valence-corrected chi connectivity index (χ0v) is 16.3. The zero-order valence-electron chi connectivity index (χ0n) is 15.5. The first-order valence-corrected chi connectivity index (χ1v) is 9.42. The molecule has 1 amide bonds. The van der Waals surface area contributed by atoms with Crippen molar-refractivity contribution in [3.8, 4) is 11.6 Å². The van der Waals surface area contributed by atoms with Gasteiger partial charge in [-0.15, -0.1) is 10.2 Å². The lowest BCUT2D eigenvalue weighted by molar-refractivity contribution is -0.118. The number of benzene rings is 1. The van der Waals surface area contributed by atoms with E-state index in [1.165, 1.54) is 22.9 Å². The first-order valence-electron chi connectivity index (χ1n) is 8.43. The molecule has 0 radical (unpaired) electrons. The molecule has 7 nitrogen and oxygen atoms in total. The van der Waals surface area contributed by atoms with Crippen molar-refractivity contribution in [2.24, 2.45) is 0 Å². The fourth-order valence-electron chi connectivity index (χ4n) is 2.49.